The summed E-state index contributed by atoms with van der Waals surface area (Å²) < 4.78 is 5.60. The summed E-state index contributed by atoms with van der Waals surface area (Å²) in [7, 11) is 1.68. The van der Waals surface area contributed by atoms with Gasteiger partial charge in [-0.3, -0.25) is 14.9 Å². The highest BCUT2D eigenvalue weighted by Crippen LogP contribution is 2.35. The number of carbonyl (C=O) groups is 1. The number of rotatable bonds is 10. The molecule has 3 N–H and O–H groups in total. The monoisotopic (exact) mass is 442 g/mol. The van der Waals surface area contributed by atoms with Gasteiger partial charge in [0.1, 0.15) is 0 Å². The van der Waals surface area contributed by atoms with E-state index in [2.05, 4.69) is 50.3 Å². The molecule has 0 radical (unpaired) electrons. The molecule has 1 aliphatic rings. The number of aliphatic imine (C=N–C) groups is 1. The smallest absolute Gasteiger partial charge is 0.303 e. The fourth-order valence-electron chi connectivity index (χ4n) is 4.06. The van der Waals surface area contributed by atoms with Crippen molar-refractivity contribution in [2.45, 2.75) is 52.0 Å². The van der Waals surface area contributed by atoms with Crippen molar-refractivity contribution in [3.05, 3.63) is 29.6 Å². The molecule has 9 heteroatoms. The van der Waals surface area contributed by atoms with Crippen molar-refractivity contribution in [3.63, 3.8) is 0 Å². The number of aromatic amines is 1. The molecule has 1 aromatic heterocycles. The van der Waals surface area contributed by atoms with Crippen LogP contribution in [0, 0.1) is 5.92 Å². The standard InChI is InChI=1S/C23H34N6O3/c1-15(2)14-29(18-7-9-32-10-8-18)20-6-5-17(16(3)11-22(30)31)12-19(20)25-23-26-21(13-24-4)27-28-23/h5-6,12-13,15-16,18H,7-11,14H2,1-4H3,(H,30,31)(H2,25,26,27,28)/b24-13+/t16-/m1/s1. The third kappa shape index (κ3) is 6.29. The van der Waals surface area contributed by atoms with E-state index in [0.717, 1.165) is 49.5 Å². The maximum Gasteiger partial charge on any atom is 0.303 e. The van der Waals surface area contributed by atoms with Crippen LogP contribution >= 0.6 is 0 Å². The van der Waals surface area contributed by atoms with E-state index in [9.17, 15) is 9.90 Å². The summed E-state index contributed by atoms with van der Waals surface area (Å²) in [6.45, 7) is 8.79. The van der Waals surface area contributed by atoms with Crippen molar-refractivity contribution >= 4 is 29.5 Å². The fraction of sp³-hybridized carbons (Fsp3) is 0.565. The minimum absolute atomic E-state index is 0.0756. The van der Waals surface area contributed by atoms with Gasteiger partial charge < -0.3 is 20.1 Å². The van der Waals surface area contributed by atoms with Crippen LogP contribution in [-0.2, 0) is 9.53 Å². The Hall–Kier alpha value is -2.94. The van der Waals surface area contributed by atoms with E-state index in [4.69, 9.17) is 4.74 Å². The second kappa shape index (κ2) is 11.1. The van der Waals surface area contributed by atoms with Crippen LogP contribution in [0.15, 0.2) is 23.2 Å². The number of carboxylic acids is 1. The molecule has 1 aliphatic heterocycles. The van der Waals surface area contributed by atoms with Crippen LogP contribution in [0.5, 0.6) is 0 Å². The van der Waals surface area contributed by atoms with Crippen LogP contribution in [0.25, 0.3) is 0 Å². The first kappa shape index (κ1) is 23.7. The van der Waals surface area contributed by atoms with Gasteiger partial charge in [-0.2, -0.15) is 4.98 Å². The Morgan fingerprint density at radius 3 is 2.78 bits per heavy atom. The number of nitrogens with one attached hydrogen (secondary N) is 2. The van der Waals surface area contributed by atoms with Crippen LogP contribution in [-0.4, -0.2) is 65.3 Å². The van der Waals surface area contributed by atoms with E-state index in [0.29, 0.717) is 23.7 Å². The number of aromatic nitrogens is 3. The molecule has 1 atom stereocenters. The van der Waals surface area contributed by atoms with Crippen LogP contribution in [0.2, 0.25) is 0 Å². The molecule has 1 saturated heterocycles. The maximum atomic E-state index is 11.3. The molecule has 9 nitrogen and oxygen atoms in total. The third-order valence-electron chi connectivity index (χ3n) is 5.57. The SMILES string of the molecule is C/N=C/c1nc(Nc2cc([C@H](C)CC(=O)O)ccc2N(CC(C)C)C2CCOCC2)n[nH]1. The third-order valence-corrected chi connectivity index (χ3v) is 5.57. The first-order chi connectivity index (χ1) is 15.4. The Morgan fingerprint density at radius 2 is 2.12 bits per heavy atom. The Labute approximate surface area is 189 Å². The molecule has 0 aliphatic carbocycles. The molecule has 0 saturated carbocycles. The Bertz CT molecular complexity index is 920. The number of ether oxygens (including phenoxy) is 1. The topological polar surface area (TPSA) is 116 Å². The summed E-state index contributed by atoms with van der Waals surface area (Å²) in [5, 5.41) is 19.7. The highest BCUT2D eigenvalue weighted by molar-refractivity contribution is 5.77. The zero-order chi connectivity index (χ0) is 23.1. The molecule has 2 aromatic rings. The summed E-state index contributed by atoms with van der Waals surface area (Å²) >= 11 is 0. The number of H-pyrrole nitrogens is 1. The number of anilines is 3. The number of benzene rings is 1. The lowest BCUT2D eigenvalue weighted by Crippen LogP contribution is -2.42. The van der Waals surface area contributed by atoms with Gasteiger partial charge in [-0.15, -0.1) is 5.10 Å². The van der Waals surface area contributed by atoms with E-state index in [1.165, 1.54) is 0 Å². The molecule has 32 heavy (non-hydrogen) atoms. The molecule has 1 aromatic carbocycles. The van der Waals surface area contributed by atoms with Crippen LogP contribution < -0.4 is 10.2 Å². The van der Waals surface area contributed by atoms with Crippen LogP contribution in [0.1, 0.15) is 57.3 Å². The van der Waals surface area contributed by atoms with Gasteiger partial charge in [0.2, 0.25) is 5.95 Å². The van der Waals surface area contributed by atoms with Gasteiger partial charge in [0, 0.05) is 32.8 Å². The molecule has 0 spiro atoms. The first-order valence-corrected chi connectivity index (χ1v) is 11.2. The van der Waals surface area contributed by atoms with Gasteiger partial charge in [0.15, 0.2) is 5.82 Å². The quantitative estimate of drug-likeness (QED) is 0.479. The maximum absolute atomic E-state index is 11.3. The number of carboxylic acid groups (broad SMARTS) is 1. The highest BCUT2D eigenvalue weighted by atomic mass is 16.5. The van der Waals surface area contributed by atoms with E-state index in [1.807, 2.05) is 19.1 Å². The Balaban J connectivity index is 1.99. The lowest BCUT2D eigenvalue weighted by atomic mass is 9.95. The second-order valence-corrected chi connectivity index (χ2v) is 8.72. The van der Waals surface area contributed by atoms with E-state index >= 15 is 0 Å². The minimum atomic E-state index is -0.808. The highest BCUT2D eigenvalue weighted by Gasteiger charge is 2.25. The van der Waals surface area contributed by atoms with Crippen molar-refractivity contribution in [1.82, 2.24) is 15.2 Å². The Kier molecular flexibility index (Phi) is 8.21. The van der Waals surface area contributed by atoms with Gasteiger partial charge in [0.25, 0.3) is 0 Å². The molecular formula is C23H34N6O3. The van der Waals surface area contributed by atoms with Gasteiger partial charge in [-0.1, -0.05) is 26.8 Å². The molecule has 174 valence electrons. The lowest BCUT2D eigenvalue weighted by molar-refractivity contribution is -0.137. The van der Waals surface area contributed by atoms with Gasteiger partial charge in [-0.05, 0) is 42.4 Å². The molecule has 3 rings (SSSR count). The summed E-state index contributed by atoms with van der Waals surface area (Å²) in [4.78, 5) is 22.1. The zero-order valence-electron chi connectivity index (χ0n) is 19.3. The largest absolute Gasteiger partial charge is 0.481 e. The molecule has 0 bridgehead atoms. The van der Waals surface area contributed by atoms with E-state index in [-0.39, 0.29) is 12.3 Å². The van der Waals surface area contributed by atoms with Crippen molar-refractivity contribution in [2.24, 2.45) is 10.9 Å². The summed E-state index contributed by atoms with van der Waals surface area (Å²) in [6.07, 6.45) is 3.63. The van der Waals surface area contributed by atoms with E-state index < -0.39 is 5.97 Å². The van der Waals surface area contributed by atoms with Gasteiger partial charge in [-0.25, -0.2) is 0 Å². The molecule has 0 amide bonds. The van der Waals surface area contributed by atoms with Gasteiger partial charge >= 0.3 is 5.97 Å². The summed E-state index contributed by atoms with van der Waals surface area (Å²) in [5.74, 6) is 0.569. The summed E-state index contributed by atoms with van der Waals surface area (Å²) in [6, 6.07) is 6.53. The number of nitrogens with zero attached hydrogens (tertiary/aromatic N) is 4. The minimum Gasteiger partial charge on any atom is -0.481 e. The van der Waals surface area contributed by atoms with Gasteiger partial charge in [0.05, 0.1) is 24.0 Å². The lowest BCUT2D eigenvalue weighted by Gasteiger charge is -2.38. The number of hydrogen-bond donors (Lipinski definition) is 3. The fourth-order valence-corrected chi connectivity index (χ4v) is 4.06. The summed E-state index contributed by atoms with van der Waals surface area (Å²) in [5.41, 5.74) is 2.89. The molecular weight excluding hydrogens is 408 g/mol. The molecule has 0 unspecified atom stereocenters. The number of hydrogen-bond acceptors (Lipinski definition) is 7. The van der Waals surface area contributed by atoms with E-state index in [1.54, 1.807) is 13.3 Å². The first-order valence-electron chi connectivity index (χ1n) is 11.2. The van der Waals surface area contributed by atoms with Crippen molar-refractivity contribution in [1.29, 1.82) is 0 Å². The predicted molar refractivity (Wildman–Crippen MR) is 126 cm³/mol. The zero-order valence-corrected chi connectivity index (χ0v) is 19.3. The predicted octanol–water partition coefficient (Wildman–Crippen LogP) is 3.82. The normalized spacial score (nSPS) is 15.9. The van der Waals surface area contributed by atoms with Crippen molar-refractivity contribution in [2.75, 3.05) is 37.0 Å². The number of aliphatic carboxylic acids is 1. The molecule has 1 fully saturated rings. The average molecular weight is 443 g/mol. The second-order valence-electron chi connectivity index (χ2n) is 8.72. The molecule has 2 heterocycles. The van der Waals surface area contributed by atoms with Crippen LogP contribution in [0.3, 0.4) is 0 Å². The van der Waals surface area contributed by atoms with Crippen molar-refractivity contribution in [3.8, 4) is 0 Å². The average Bonchev–Trinajstić information content (AvgIpc) is 3.19. The van der Waals surface area contributed by atoms with Crippen molar-refractivity contribution < 1.29 is 14.6 Å². The van der Waals surface area contributed by atoms with Crippen LogP contribution in [0.4, 0.5) is 17.3 Å². The Morgan fingerprint density at radius 1 is 1.38 bits per heavy atom.